The molecule has 1 aliphatic carbocycles. The molecule has 1 aliphatic rings. The molecular formula is C19H27NO5S. The zero-order valence-electron chi connectivity index (χ0n) is 15.5. The molecule has 6 nitrogen and oxygen atoms in total. The van der Waals surface area contributed by atoms with E-state index in [2.05, 4.69) is 12.2 Å². The third-order valence-electron chi connectivity index (χ3n) is 5.41. The predicted molar refractivity (Wildman–Crippen MR) is 99.0 cm³/mol. The first kappa shape index (κ1) is 20.4. The van der Waals surface area contributed by atoms with Crippen LogP contribution in [0, 0.1) is 5.92 Å². The molecule has 1 aromatic carbocycles. The van der Waals surface area contributed by atoms with Gasteiger partial charge in [-0.25, -0.2) is 13.2 Å². The summed E-state index contributed by atoms with van der Waals surface area (Å²) in [4.78, 5) is 24.7. The largest absolute Gasteiger partial charge is 0.480 e. The van der Waals surface area contributed by atoms with E-state index < -0.39 is 27.3 Å². The Bertz CT molecular complexity index is 792. The van der Waals surface area contributed by atoms with E-state index in [1.54, 1.807) is 12.1 Å². The lowest BCUT2D eigenvalue weighted by molar-refractivity contribution is -0.146. The number of carboxylic acid groups (broad SMARTS) is 1. The Morgan fingerprint density at radius 1 is 1.23 bits per heavy atom. The number of amides is 1. The monoisotopic (exact) mass is 381 g/mol. The Balaban J connectivity index is 2.30. The maximum absolute atomic E-state index is 12.7. The number of rotatable bonds is 6. The lowest BCUT2D eigenvalue weighted by atomic mass is 9.75. The Morgan fingerprint density at radius 3 is 2.31 bits per heavy atom. The summed E-state index contributed by atoms with van der Waals surface area (Å²) in [6.45, 7) is 3.92. The lowest BCUT2D eigenvalue weighted by Gasteiger charge is -2.37. The fraction of sp³-hybridized carbons (Fsp3) is 0.579. The molecule has 1 aromatic rings. The molecule has 0 heterocycles. The van der Waals surface area contributed by atoms with Crippen molar-refractivity contribution in [2.24, 2.45) is 5.92 Å². The van der Waals surface area contributed by atoms with E-state index in [9.17, 15) is 23.1 Å². The van der Waals surface area contributed by atoms with Gasteiger partial charge in [0.1, 0.15) is 5.54 Å². The van der Waals surface area contributed by atoms with E-state index in [1.165, 1.54) is 6.07 Å². The van der Waals surface area contributed by atoms with E-state index in [1.807, 2.05) is 6.92 Å². The number of carbonyl (C=O) groups excluding carboxylic acids is 1. The van der Waals surface area contributed by atoms with Crippen LogP contribution in [0.15, 0.2) is 23.1 Å². The highest BCUT2D eigenvalue weighted by atomic mass is 32.2. The van der Waals surface area contributed by atoms with Crippen LogP contribution in [0.2, 0.25) is 0 Å². The number of aliphatic carboxylic acids is 1. The average molecular weight is 381 g/mol. The molecular weight excluding hydrogens is 354 g/mol. The number of hydrogen-bond donors (Lipinski definition) is 2. The lowest BCUT2D eigenvalue weighted by Crippen LogP contribution is -2.56. The second kappa shape index (κ2) is 7.78. The summed E-state index contributed by atoms with van der Waals surface area (Å²) in [5, 5.41) is 12.4. The van der Waals surface area contributed by atoms with Crippen LogP contribution in [0.25, 0.3) is 0 Å². The molecule has 0 radical (unpaired) electrons. The minimum absolute atomic E-state index is 0.117. The number of aryl methyl sites for hydroxylation is 1. The summed E-state index contributed by atoms with van der Waals surface area (Å²) in [6.07, 6.45) is 4.92. The topological polar surface area (TPSA) is 101 Å². The smallest absolute Gasteiger partial charge is 0.329 e. The highest BCUT2D eigenvalue weighted by Gasteiger charge is 2.43. The van der Waals surface area contributed by atoms with Crippen LogP contribution in [-0.2, 0) is 21.1 Å². The minimum Gasteiger partial charge on any atom is -0.480 e. The van der Waals surface area contributed by atoms with Crippen LogP contribution in [0.5, 0.6) is 0 Å². The van der Waals surface area contributed by atoms with Gasteiger partial charge in [-0.3, -0.25) is 4.79 Å². The fourth-order valence-electron chi connectivity index (χ4n) is 3.59. The third kappa shape index (κ3) is 4.26. The Morgan fingerprint density at radius 2 is 1.85 bits per heavy atom. The number of sulfone groups is 1. The van der Waals surface area contributed by atoms with Gasteiger partial charge in [-0.2, -0.15) is 0 Å². The van der Waals surface area contributed by atoms with Crippen molar-refractivity contribution in [1.82, 2.24) is 5.32 Å². The highest BCUT2D eigenvalue weighted by Crippen LogP contribution is 2.34. The molecule has 2 N–H and O–H groups in total. The van der Waals surface area contributed by atoms with Gasteiger partial charge >= 0.3 is 5.97 Å². The normalized spacial score (nSPS) is 23.4. The first-order valence-electron chi connectivity index (χ1n) is 9.02. The standard InChI is InChI=1S/C19H27NO5S/c1-4-13-8-10-19(11-9-13,18(22)23)20-17(21)15-7-6-14(5-2)16(12-15)26(3,24)25/h6-7,12-13H,4-5,8-11H2,1-3H3,(H,20,21)(H,22,23). The zero-order valence-corrected chi connectivity index (χ0v) is 16.4. The van der Waals surface area contributed by atoms with Gasteiger partial charge in [0.05, 0.1) is 4.90 Å². The van der Waals surface area contributed by atoms with Crippen molar-refractivity contribution in [2.75, 3.05) is 6.26 Å². The summed E-state index contributed by atoms with van der Waals surface area (Å²) in [7, 11) is -3.47. The van der Waals surface area contributed by atoms with Crippen molar-refractivity contribution in [2.45, 2.75) is 62.8 Å². The SMILES string of the molecule is CCc1ccc(C(=O)NC2(C(=O)O)CCC(CC)CC2)cc1S(C)(=O)=O. The van der Waals surface area contributed by atoms with Crippen LogP contribution >= 0.6 is 0 Å². The molecule has 1 fully saturated rings. The number of carbonyl (C=O) groups is 2. The molecule has 0 atom stereocenters. The van der Waals surface area contributed by atoms with Crippen LogP contribution in [-0.4, -0.2) is 37.2 Å². The molecule has 26 heavy (non-hydrogen) atoms. The number of nitrogens with one attached hydrogen (secondary N) is 1. The average Bonchev–Trinajstić information content (AvgIpc) is 2.60. The van der Waals surface area contributed by atoms with E-state index in [-0.39, 0.29) is 10.5 Å². The summed E-state index contributed by atoms with van der Waals surface area (Å²) >= 11 is 0. The molecule has 0 bridgehead atoms. The predicted octanol–water partition coefficient (Wildman–Crippen LogP) is 2.81. The maximum atomic E-state index is 12.7. The molecule has 7 heteroatoms. The van der Waals surface area contributed by atoms with Gasteiger partial charge in [-0.15, -0.1) is 0 Å². The third-order valence-corrected chi connectivity index (χ3v) is 6.59. The molecule has 144 valence electrons. The van der Waals surface area contributed by atoms with E-state index in [0.717, 1.165) is 25.5 Å². The molecule has 1 saturated carbocycles. The molecule has 0 spiro atoms. The van der Waals surface area contributed by atoms with Crippen LogP contribution in [0.3, 0.4) is 0 Å². The van der Waals surface area contributed by atoms with Gasteiger partial charge in [0, 0.05) is 11.8 Å². The number of carboxylic acids is 1. The first-order chi connectivity index (χ1) is 12.1. The summed E-state index contributed by atoms with van der Waals surface area (Å²) in [6, 6.07) is 4.51. The van der Waals surface area contributed by atoms with E-state index in [0.29, 0.717) is 30.7 Å². The number of hydrogen-bond acceptors (Lipinski definition) is 4. The molecule has 1 amide bonds. The van der Waals surface area contributed by atoms with E-state index >= 15 is 0 Å². The second-order valence-electron chi connectivity index (χ2n) is 7.14. The van der Waals surface area contributed by atoms with Crippen molar-refractivity contribution >= 4 is 21.7 Å². The van der Waals surface area contributed by atoms with Gasteiger partial charge in [-0.1, -0.05) is 26.3 Å². The van der Waals surface area contributed by atoms with Gasteiger partial charge in [-0.05, 0) is 55.7 Å². The minimum atomic E-state index is -3.47. The summed E-state index contributed by atoms with van der Waals surface area (Å²) in [5.41, 5.74) is -0.474. The van der Waals surface area contributed by atoms with Crippen LogP contribution in [0.4, 0.5) is 0 Å². The Labute approximate surface area is 154 Å². The van der Waals surface area contributed by atoms with Crippen molar-refractivity contribution < 1.29 is 23.1 Å². The number of benzene rings is 1. The van der Waals surface area contributed by atoms with Gasteiger partial charge < -0.3 is 10.4 Å². The first-order valence-corrected chi connectivity index (χ1v) is 10.9. The Hall–Kier alpha value is -1.89. The highest BCUT2D eigenvalue weighted by molar-refractivity contribution is 7.90. The second-order valence-corrected chi connectivity index (χ2v) is 9.13. The van der Waals surface area contributed by atoms with Gasteiger partial charge in [0.25, 0.3) is 5.91 Å². The molecule has 0 saturated heterocycles. The quantitative estimate of drug-likeness (QED) is 0.789. The van der Waals surface area contributed by atoms with E-state index in [4.69, 9.17) is 0 Å². The summed E-state index contributed by atoms with van der Waals surface area (Å²) in [5.74, 6) is -1.09. The molecule has 0 aliphatic heterocycles. The maximum Gasteiger partial charge on any atom is 0.329 e. The van der Waals surface area contributed by atoms with Crippen LogP contribution in [0.1, 0.15) is 61.9 Å². The summed E-state index contributed by atoms with van der Waals surface area (Å²) < 4.78 is 24.0. The van der Waals surface area contributed by atoms with Crippen LogP contribution < -0.4 is 5.32 Å². The van der Waals surface area contributed by atoms with Crippen molar-refractivity contribution in [3.63, 3.8) is 0 Å². The molecule has 2 rings (SSSR count). The van der Waals surface area contributed by atoms with Crippen molar-refractivity contribution in [1.29, 1.82) is 0 Å². The van der Waals surface area contributed by atoms with Crippen molar-refractivity contribution in [3.8, 4) is 0 Å². The van der Waals surface area contributed by atoms with Gasteiger partial charge in [0.15, 0.2) is 9.84 Å². The zero-order chi connectivity index (χ0) is 19.5. The molecule has 0 unspecified atom stereocenters. The van der Waals surface area contributed by atoms with Crippen molar-refractivity contribution in [3.05, 3.63) is 29.3 Å². The van der Waals surface area contributed by atoms with Gasteiger partial charge in [0.2, 0.25) is 0 Å². The fourth-order valence-corrected chi connectivity index (χ4v) is 4.62. The Kier molecular flexibility index (Phi) is 6.11. The molecule has 0 aromatic heterocycles.